The number of ether oxygens (including phenoxy) is 1. The highest BCUT2D eigenvalue weighted by atomic mass is 16.5. The van der Waals surface area contributed by atoms with Crippen LogP contribution in [0.3, 0.4) is 0 Å². The third-order valence-corrected chi connectivity index (χ3v) is 2.75. The summed E-state index contributed by atoms with van der Waals surface area (Å²) in [7, 11) is 0. The third-order valence-electron chi connectivity index (χ3n) is 2.75. The summed E-state index contributed by atoms with van der Waals surface area (Å²) in [4.78, 5) is 11.7. The lowest BCUT2D eigenvalue weighted by atomic mass is 10.0. The maximum atomic E-state index is 11.7. The van der Waals surface area contributed by atoms with Crippen molar-refractivity contribution in [2.75, 3.05) is 26.2 Å². The normalized spacial score (nSPS) is 26.7. The highest BCUT2D eigenvalue weighted by Crippen LogP contribution is 2.19. The molecule has 5 nitrogen and oxygen atoms in total. The van der Waals surface area contributed by atoms with E-state index in [0.717, 1.165) is 6.42 Å². The van der Waals surface area contributed by atoms with E-state index in [9.17, 15) is 4.79 Å². The second-order valence-corrected chi connectivity index (χ2v) is 4.32. The van der Waals surface area contributed by atoms with Gasteiger partial charge in [-0.25, -0.2) is 0 Å². The van der Waals surface area contributed by atoms with Crippen LogP contribution in [0.2, 0.25) is 0 Å². The molecular weight excluding hydrogens is 208 g/mol. The summed E-state index contributed by atoms with van der Waals surface area (Å²) in [6.45, 7) is 6.16. The summed E-state index contributed by atoms with van der Waals surface area (Å²) < 4.78 is 5.34. The molecule has 3 atom stereocenters. The maximum Gasteiger partial charge on any atom is 0.225 e. The van der Waals surface area contributed by atoms with Gasteiger partial charge in [0.15, 0.2) is 0 Å². The van der Waals surface area contributed by atoms with Crippen molar-refractivity contribution < 1.29 is 14.6 Å². The minimum Gasteiger partial charge on any atom is -0.392 e. The van der Waals surface area contributed by atoms with Crippen LogP contribution in [0.5, 0.6) is 0 Å². The summed E-state index contributed by atoms with van der Waals surface area (Å²) >= 11 is 0. The molecule has 3 unspecified atom stereocenters. The molecule has 0 saturated carbocycles. The van der Waals surface area contributed by atoms with E-state index in [-0.39, 0.29) is 24.0 Å². The fourth-order valence-electron chi connectivity index (χ4n) is 1.79. The molecule has 3 N–H and O–H groups in total. The average Bonchev–Trinajstić information content (AvgIpc) is 2.63. The number of hydrogen-bond acceptors (Lipinski definition) is 4. The Morgan fingerprint density at radius 1 is 1.56 bits per heavy atom. The van der Waals surface area contributed by atoms with Crippen LogP contribution in [0, 0.1) is 5.92 Å². The van der Waals surface area contributed by atoms with Crippen LogP contribution in [0.4, 0.5) is 0 Å². The van der Waals surface area contributed by atoms with Crippen molar-refractivity contribution in [1.82, 2.24) is 10.6 Å². The zero-order chi connectivity index (χ0) is 12.0. The second kappa shape index (κ2) is 6.83. The number of aliphatic hydroxyl groups excluding tert-OH is 1. The van der Waals surface area contributed by atoms with Crippen molar-refractivity contribution in [2.24, 2.45) is 5.92 Å². The first-order valence-electron chi connectivity index (χ1n) is 5.89. The maximum absolute atomic E-state index is 11.7. The smallest absolute Gasteiger partial charge is 0.225 e. The van der Waals surface area contributed by atoms with Gasteiger partial charge in [-0.15, -0.1) is 0 Å². The second-order valence-electron chi connectivity index (χ2n) is 4.32. The van der Waals surface area contributed by atoms with E-state index in [1.165, 1.54) is 0 Å². The Morgan fingerprint density at radius 3 is 2.88 bits per heavy atom. The van der Waals surface area contributed by atoms with Gasteiger partial charge in [-0.1, -0.05) is 0 Å². The van der Waals surface area contributed by atoms with Gasteiger partial charge < -0.3 is 20.5 Å². The Bertz CT molecular complexity index is 221. The average molecular weight is 230 g/mol. The Balaban J connectivity index is 2.06. The van der Waals surface area contributed by atoms with Crippen LogP contribution in [-0.4, -0.2) is 49.5 Å². The fraction of sp³-hybridized carbons (Fsp3) is 0.909. The minimum absolute atomic E-state index is 0.00299. The fourth-order valence-corrected chi connectivity index (χ4v) is 1.79. The van der Waals surface area contributed by atoms with E-state index < -0.39 is 0 Å². The van der Waals surface area contributed by atoms with Gasteiger partial charge >= 0.3 is 0 Å². The number of rotatable bonds is 6. The summed E-state index contributed by atoms with van der Waals surface area (Å²) in [5.41, 5.74) is 0. The van der Waals surface area contributed by atoms with Crippen molar-refractivity contribution in [3.63, 3.8) is 0 Å². The Hall–Kier alpha value is -0.650. The van der Waals surface area contributed by atoms with Gasteiger partial charge in [0.05, 0.1) is 18.1 Å². The van der Waals surface area contributed by atoms with E-state index in [0.29, 0.717) is 26.2 Å². The summed E-state index contributed by atoms with van der Waals surface area (Å²) in [6.07, 6.45) is 0.498. The van der Waals surface area contributed by atoms with Gasteiger partial charge in [-0.2, -0.15) is 0 Å². The van der Waals surface area contributed by atoms with Crippen molar-refractivity contribution in [3.05, 3.63) is 0 Å². The zero-order valence-electron chi connectivity index (χ0n) is 10.0. The molecule has 1 aliphatic heterocycles. The Kier molecular flexibility index (Phi) is 5.73. The molecule has 94 valence electrons. The molecule has 0 radical (unpaired) electrons. The number of nitrogens with one attached hydrogen (secondary N) is 2. The van der Waals surface area contributed by atoms with E-state index in [2.05, 4.69) is 10.6 Å². The zero-order valence-corrected chi connectivity index (χ0v) is 10.0. The van der Waals surface area contributed by atoms with Crippen molar-refractivity contribution in [2.45, 2.75) is 32.5 Å². The summed E-state index contributed by atoms with van der Waals surface area (Å²) in [5.74, 6) is 0.0700. The number of carbonyl (C=O) groups excluding carboxylic acids is 1. The van der Waals surface area contributed by atoms with E-state index in [1.807, 2.05) is 6.92 Å². The van der Waals surface area contributed by atoms with Gasteiger partial charge in [0, 0.05) is 26.2 Å². The first kappa shape index (κ1) is 13.4. The Labute approximate surface area is 96.6 Å². The van der Waals surface area contributed by atoms with Crippen molar-refractivity contribution >= 4 is 5.91 Å². The van der Waals surface area contributed by atoms with Crippen molar-refractivity contribution in [3.8, 4) is 0 Å². The number of carbonyl (C=O) groups is 1. The van der Waals surface area contributed by atoms with Crippen LogP contribution in [0.25, 0.3) is 0 Å². The third kappa shape index (κ3) is 4.47. The lowest BCUT2D eigenvalue weighted by molar-refractivity contribution is -0.126. The number of amides is 1. The SMILES string of the molecule is CC(O)CNCCNC(=O)C1CCOC1C. The van der Waals surface area contributed by atoms with Crippen LogP contribution < -0.4 is 10.6 Å². The van der Waals surface area contributed by atoms with Gasteiger partial charge in [0.2, 0.25) is 5.91 Å². The predicted octanol–water partition coefficient (Wildman–Crippen LogP) is -0.502. The standard InChI is InChI=1S/C11H22N2O3/c1-8(14)7-12-4-5-13-11(15)10-3-6-16-9(10)2/h8-10,12,14H,3-7H2,1-2H3,(H,13,15). The summed E-state index contributed by atoms with van der Waals surface area (Å²) in [6, 6.07) is 0. The minimum atomic E-state index is -0.348. The molecular formula is C11H22N2O3. The first-order valence-corrected chi connectivity index (χ1v) is 5.89. The molecule has 0 aromatic rings. The molecule has 0 aromatic carbocycles. The van der Waals surface area contributed by atoms with Gasteiger partial charge in [0.25, 0.3) is 0 Å². The molecule has 0 bridgehead atoms. The quantitative estimate of drug-likeness (QED) is 0.538. The Morgan fingerprint density at radius 2 is 2.31 bits per heavy atom. The van der Waals surface area contributed by atoms with Crippen LogP contribution in [0.1, 0.15) is 20.3 Å². The lowest BCUT2D eigenvalue weighted by Crippen LogP contribution is -2.39. The van der Waals surface area contributed by atoms with Gasteiger partial charge in [-0.05, 0) is 20.3 Å². The topological polar surface area (TPSA) is 70.6 Å². The molecule has 5 heteroatoms. The molecule has 1 saturated heterocycles. The largest absolute Gasteiger partial charge is 0.392 e. The van der Waals surface area contributed by atoms with Crippen molar-refractivity contribution in [1.29, 1.82) is 0 Å². The molecule has 1 amide bonds. The van der Waals surface area contributed by atoms with Gasteiger partial charge in [0.1, 0.15) is 0 Å². The molecule has 0 aliphatic carbocycles. The summed E-state index contributed by atoms with van der Waals surface area (Å²) in [5, 5.41) is 14.9. The molecule has 0 spiro atoms. The number of aliphatic hydroxyl groups is 1. The van der Waals surface area contributed by atoms with E-state index in [4.69, 9.17) is 9.84 Å². The molecule has 1 fully saturated rings. The highest BCUT2D eigenvalue weighted by molar-refractivity contribution is 5.79. The molecule has 1 rings (SSSR count). The van der Waals surface area contributed by atoms with E-state index >= 15 is 0 Å². The molecule has 1 heterocycles. The lowest BCUT2D eigenvalue weighted by Gasteiger charge is -2.14. The monoisotopic (exact) mass is 230 g/mol. The molecule has 0 aromatic heterocycles. The van der Waals surface area contributed by atoms with Crippen LogP contribution in [-0.2, 0) is 9.53 Å². The van der Waals surface area contributed by atoms with Crippen LogP contribution in [0.15, 0.2) is 0 Å². The predicted molar refractivity (Wildman–Crippen MR) is 61.1 cm³/mol. The first-order chi connectivity index (χ1) is 7.61. The highest BCUT2D eigenvalue weighted by Gasteiger charge is 2.30. The van der Waals surface area contributed by atoms with Gasteiger partial charge in [-0.3, -0.25) is 4.79 Å². The van der Waals surface area contributed by atoms with E-state index in [1.54, 1.807) is 6.92 Å². The molecule has 16 heavy (non-hydrogen) atoms. The number of hydrogen-bond donors (Lipinski definition) is 3. The van der Waals surface area contributed by atoms with Crippen LogP contribution >= 0.6 is 0 Å². The molecule has 1 aliphatic rings.